The number of pyridine rings is 2. The van der Waals surface area contributed by atoms with Crippen LogP contribution in [-0.2, 0) is 0 Å². The summed E-state index contributed by atoms with van der Waals surface area (Å²) in [7, 11) is 0. The SMILES string of the molecule is Cc1cc(C)c(C(=O)O)c(Sc2ncc(Cl)cc2Br)n1. The molecular weight excluding hydrogens is 364 g/mol. The van der Waals surface area contributed by atoms with E-state index in [0.717, 1.165) is 5.69 Å². The van der Waals surface area contributed by atoms with E-state index in [2.05, 4.69) is 25.9 Å². The molecule has 104 valence electrons. The van der Waals surface area contributed by atoms with Gasteiger partial charge in [0, 0.05) is 11.9 Å². The van der Waals surface area contributed by atoms with Crippen LogP contribution in [0.25, 0.3) is 0 Å². The molecule has 0 radical (unpaired) electrons. The van der Waals surface area contributed by atoms with Crippen LogP contribution in [0.4, 0.5) is 0 Å². The minimum atomic E-state index is -0.998. The number of carbonyl (C=O) groups is 1. The molecule has 0 atom stereocenters. The summed E-state index contributed by atoms with van der Waals surface area (Å²) in [5.41, 5.74) is 1.64. The maximum atomic E-state index is 11.4. The van der Waals surface area contributed by atoms with E-state index >= 15 is 0 Å². The van der Waals surface area contributed by atoms with Crippen molar-refractivity contribution in [2.75, 3.05) is 0 Å². The zero-order chi connectivity index (χ0) is 14.9. The van der Waals surface area contributed by atoms with E-state index in [-0.39, 0.29) is 5.56 Å². The standard InChI is InChI=1S/C13H10BrClN2O2S/c1-6-3-7(2)17-12(10(6)13(18)19)20-11-9(14)4-8(15)5-16-11/h3-5H,1-2H3,(H,18,19). The molecule has 20 heavy (non-hydrogen) atoms. The average molecular weight is 374 g/mol. The highest BCUT2D eigenvalue weighted by Gasteiger charge is 2.18. The van der Waals surface area contributed by atoms with Crippen LogP contribution in [-0.4, -0.2) is 21.0 Å². The molecule has 0 aromatic carbocycles. The van der Waals surface area contributed by atoms with Crippen molar-refractivity contribution in [2.45, 2.75) is 23.9 Å². The number of nitrogens with zero attached hydrogens (tertiary/aromatic N) is 2. The van der Waals surface area contributed by atoms with Gasteiger partial charge < -0.3 is 5.11 Å². The second-order valence-corrected chi connectivity index (χ2v) is 6.38. The number of rotatable bonds is 3. The molecule has 4 nitrogen and oxygen atoms in total. The van der Waals surface area contributed by atoms with Crippen LogP contribution in [0.2, 0.25) is 5.02 Å². The normalized spacial score (nSPS) is 10.6. The number of aromatic carboxylic acids is 1. The van der Waals surface area contributed by atoms with Crippen LogP contribution < -0.4 is 0 Å². The second-order valence-electron chi connectivity index (χ2n) is 4.11. The van der Waals surface area contributed by atoms with Crippen LogP contribution in [0.15, 0.2) is 32.9 Å². The van der Waals surface area contributed by atoms with Gasteiger partial charge in [0.1, 0.15) is 10.1 Å². The quantitative estimate of drug-likeness (QED) is 0.866. The first-order valence-corrected chi connectivity index (χ1v) is 7.57. The molecule has 0 bridgehead atoms. The summed E-state index contributed by atoms with van der Waals surface area (Å²) >= 11 is 10.4. The first kappa shape index (κ1) is 15.3. The highest BCUT2D eigenvalue weighted by Crippen LogP contribution is 2.34. The maximum Gasteiger partial charge on any atom is 0.338 e. The molecule has 0 saturated carbocycles. The first-order chi connectivity index (χ1) is 9.38. The summed E-state index contributed by atoms with van der Waals surface area (Å²) in [6, 6.07) is 3.46. The zero-order valence-corrected chi connectivity index (χ0v) is 13.8. The second kappa shape index (κ2) is 6.11. The Kier molecular flexibility index (Phi) is 4.67. The van der Waals surface area contributed by atoms with Gasteiger partial charge in [-0.2, -0.15) is 0 Å². The largest absolute Gasteiger partial charge is 0.478 e. The molecule has 0 saturated heterocycles. The Morgan fingerprint density at radius 3 is 2.65 bits per heavy atom. The molecule has 1 N–H and O–H groups in total. The lowest BCUT2D eigenvalue weighted by molar-refractivity contribution is 0.0691. The number of aromatic nitrogens is 2. The Hall–Kier alpha value is -1.11. The Balaban J connectivity index is 2.50. The maximum absolute atomic E-state index is 11.4. The lowest BCUT2D eigenvalue weighted by Crippen LogP contribution is -2.05. The monoisotopic (exact) mass is 372 g/mol. The van der Waals surface area contributed by atoms with Gasteiger partial charge in [-0.05, 0) is 59.2 Å². The molecule has 0 aliphatic rings. The van der Waals surface area contributed by atoms with Gasteiger partial charge in [0.25, 0.3) is 0 Å². The van der Waals surface area contributed by atoms with Crippen LogP contribution in [0, 0.1) is 13.8 Å². The van der Waals surface area contributed by atoms with Crippen LogP contribution in [0.1, 0.15) is 21.6 Å². The summed E-state index contributed by atoms with van der Waals surface area (Å²) in [6.45, 7) is 3.58. The lowest BCUT2D eigenvalue weighted by Gasteiger charge is -2.09. The number of carboxylic acids is 1. The highest BCUT2D eigenvalue weighted by molar-refractivity contribution is 9.10. The third kappa shape index (κ3) is 3.31. The van der Waals surface area contributed by atoms with Crippen molar-refractivity contribution >= 4 is 45.3 Å². The van der Waals surface area contributed by atoms with Gasteiger partial charge in [0.2, 0.25) is 0 Å². The topological polar surface area (TPSA) is 63.1 Å². The summed E-state index contributed by atoms with van der Waals surface area (Å²) in [5.74, 6) is -0.998. The van der Waals surface area contributed by atoms with Gasteiger partial charge in [0.15, 0.2) is 0 Å². The third-order valence-electron chi connectivity index (χ3n) is 2.49. The third-order valence-corrected chi connectivity index (χ3v) is 4.57. The van der Waals surface area contributed by atoms with Gasteiger partial charge in [0.05, 0.1) is 15.1 Å². The Morgan fingerprint density at radius 2 is 2.05 bits per heavy atom. The summed E-state index contributed by atoms with van der Waals surface area (Å²) in [6.07, 6.45) is 1.51. The van der Waals surface area contributed by atoms with E-state index in [9.17, 15) is 9.90 Å². The number of aryl methyl sites for hydroxylation is 2. The summed E-state index contributed by atoms with van der Waals surface area (Å²) in [4.78, 5) is 19.9. The van der Waals surface area contributed by atoms with Gasteiger partial charge >= 0.3 is 5.97 Å². The zero-order valence-electron chi connectivity index (χ0n) is 10.6. The van der Waals surface area contributed by atoms with Gasteiger partial charge in [-0.3, -0.25) is 0 Å². The molecule has 2 aromatic rings. The van der Waals surface area contributed by atoms with E-state index in [1.807, 2.05) is 6.92 Å². The molecule has 0 unspecified atom stereocenters. The minimum absolute atomic E-state index is 0.198. The van der Waals surface area contributed by atoms with Crippen LogP contribution >= 0.6 is 39.3 Å². The minimum Gasteiger partial charge on any atom is -0.478 e. The molecule has 0 fully saturated rings. The Bertz CT molecular complexity index is 694. The van der Waals surface area contributed by atoms with Gasteiger partial charge in [-0.25, -0.2) is 14.8 Å². The molecule has 2 heterocycles. The molecule has 0 aliphatic heterocycles. The Morgan fingerprint density at radius 1 is 1.35 bits per heavy atom. The summed E-state index contributed by atoms with van der Waals surface area (Å²) in [5, 5.41) is 10.9. The van der Waals surface area contributed by atoms with E-state index in [0.29, 0.717) is 25.1 Å². The Labute approximate surface area is 133 Å². The van der Waals surface area contributed by atoms with Crippen molar-refractivity contribution < 1.29 is 9.90 Å². The van der Waals surface area contributed by atoms with E-state index in [1.54, 1.807) is 19.1 Å². The van der Waals surface area contributed by atoms with Gasteiger partial charge in [-0.1, -0.05) is 11.6 Å². The van der Waals surface area contributed by atoms with E-state index in [4.69, 9.17) is 11.6 Å². The first-order valence-electron chi connectivity index (χ1n) is 5.59. The number of hydrogen-bond acceptors (Lipinski definition) is 4. The average Bonchev–Trinajstić information content (AvgIpc) is 2.31. The van der Waals surface area contributed by atoms with E-state index in [1.165, 1.54) is 18.0 Å². The van der Waals surface area contributed by atoms with Crippen molar-refractivity contribution in [2.24, 2.45) is 0 Å². The lowest BCUT2D eigenvalue weighted by atomic mass is 10.1. The smallest absolute Gasteiger partial charge is 0.338 e. The number of carboxylic acid groups (broad SMARTS) is 1. The van der Waals surface area contributed by atoms with Gasteiger partial charge in [-0.15, -0.1) is 0 Å². The molecule has 2 rings (SSSR count). The molecule has 2 aromatic heterocycles. The number of halogens is 2. The fraction of sp³-hybridized carbons (Fsp3) is 0.154. The van der Waals surface area contributed by atoms with Crippen LogP contribution in [0.3, 0.4) is 0 Å². The summed E-state index contributed by atoms with van der Waals surface area (Å²) < 4.78 is 0.701. The van der Waals surface area contributed by atoms with Crippen molar-refractivity contribution in [1.29, 1.82) is 0 Å². The van der Waals surface area contributed by atoms with E-state index < -0.39 is 5.97 Å². The molecule has 7 heteroatoms. The molecule has 0 spiro atoms. The molecule has 0 amide bonds. The fourth-order valence-electron chi connectivity index (χ4n) is 1.71. The fourth-order valence-corrected chi connectivity index (χ4v) is 3.57. The molecular formula is C13H10BrClN2O2S. The van der Waals surface area contributed by atoms with Crippen molar-refractivity contribution in [3.8, 4) is 0 Å². The van der Waals surface area contributed by atoms with Crippen molar-refractivity contribution in [1.82, 2.24) is 9.97 Å². The van der Waals surface area contributed by atoms with Crippen molar-refractivity contribution in [3.05, 3.63) is 44.6 Å². The predicted octanol–water partition coefficient (Wildman–Crippen LogP) is 4.36. The molecule has 0 aliphatic carbocycles. The van der Waals surface area contributed by atoms with Crippen LogP contribution in [0.5, 0.6) is 0 Å². The number of hydrogen-bond donors (Lipinski definition) is 1. The van der Waals surface area contributed by atoms with Crippen molar-refractivity contribution in [3.63, 3.8) is 0 Å². The predicted molar refractivity (Wildman–Crippen MR) is 81.7 cm³/mol. The highest BCUT2D eigenvalue weighted by atomic mass is 79.9.